The highest BCUT2D eigenvalue weighted by Crippen LogP contribution is 2.26. The second-order valence-electron chi connectivity index (χ2n) is 6.73. The minimum Gasteiger partial charge on any atom is -0.508 e. The average Bonchev–Trinajstić information content (AvgIpc) is 2.68. The molecule has 5 nitrogen and oxygen atoms in total. The van der Waals surface area contributed by atoms with Gasteiger partial charge in [0.1, 0.15) is 17.2 Å². The van der Waals surface area contributed by atoms with Crippen LogP contribution in [0.1, 0.15) is 49.8 Å². The molecule has 0 radical (unpaired) electrons. The van der Waals surface area contributed by atoms with Gasteiger partial charge in [-0.1, -0.05) is 38.5 Å². The number of aliphatic carboxylic acids is 1. The third-order valence-electron chi connectivity index (χ3n) is 4.57. The summed E-state index contributed by atoms with van der Waals surface area (Å²) in [5, 5.41) is 18.6. The minimum atomic E-state index is -0.788. The van der Waals surface area contributed by atoms with E-state index >= 15 is 0 Å². The van der Waals surface area contributed by atoms with Crippen LogP contribution in [0.4, 0.5) is 0 Å². The predicted octanol–water partition coefficient (Wildman–Crippen LogP) is 4.77. The van der Waals surface area contributed by atoms with Crippen LogP contribution >= 0.6 is 0 Å². The molecule has 0 bridgehead atoms. The Labute approximate surface area is 166 Å². The first-order valence-electron chi connectivity index (χ1n) is 9.95. The molecule has 152 valence electrons. The molecule has 0 spiro atoms. The van der Waals surface area contributed by atoms with E-state index in [-0.39, 0.29) is 12.2 Å². The lowest BCUT2D eigenvalue weighted by molar-refractivity contribution is -0.136. The quantitative estimate of drug-likeness (QED) is 0.514. The van der Waals surface area contributed by atoms with Crippen molar-refractivity contribution in [2.24, 2.45) is 0 Å². The summed E-state index contributed by atoms with van der Waals surface area (Å²) in [4.78, 5) is 10.9. The lowest BCUT2D eigenvalue weighted by Crippen LogP contribution is -2.08. The van der Waals surface area contributed by atoms with Crippen molar-refractivity contribution in [1.82, 2.24) is 0 Å². The van der Waals surface area contributed by atoms with E-state index in [4.69, 9.17) is 14.6 Å². The Morgan fingerprint density at radius 3 is 2.39 bits per heavy atom. The van der Waals surface area contributed by atoms with Gasteiger partial charge < -0.3 is 19.7 Å². The van der Waals surface area contributed by atoms with Gasteiger partial charge >= 0.3 is 5.97 Å². The molecule has 28 heavy (non-hydrogen) atoms. The van der Waals surface area contributed by atoms with Gasteiger partial charge in [0.05, 0.1) is 13.2 Å². The van der Waals surface area contributed by atoms with E-state index in [0.29, 0.717) is 31.8 Å². The fraction of sp³-hybridized carbons (Fsp3) is 0.435. The maximum Gasteiger partial charge on any atom is 0.303 e. The van der Waals surface area contributed by atoms with Gasteiger partial charge in [-0.25, -0.2) is 0 Å². The van der Waals surface area contributed by atoms with Crippen molar-refractivity contribution in [3.63, 3.8) is 0 Å². The summed E-state index contributed by atoms with van der Waals surface area (Å²) in [6.45, 7) is 5.17. The molecule has 0 aliphatic carbocycles. The van der Waals surface area contributed by atoms with Gasteiger partial charge in [0.2, 0.25) is 0 Å². The number of ether oxygens (including phenoxy) is 2. The number of aromatic hydroxyl groups is 1. The largest absolute Gasteiger partial charge is 0.508 e. The Bertz CT molecular complexity index is 770. The number of carboxylic acids is 1. The maximum absolute atomic E-state index is 10.9. The monoisotopic (exact) mass is 386 g/mol. The zero-order valence-electron chi connectivity index (χ0n) is 16.7. The summed E-state index contributed by atoms with van der Waals surface area (Å²) in [5.74, 6) is 0.955. The number of benzene rings is 2. The van der Waals surface area contributed by atoms with Crippen LogP contribution in [0, 0.1) is 0 Å². The van der Waals surface area contributed by atoms with E-state index in [2.05, 4.69) is 13.8 Å². The summed E-state index contributed by atoms with van der Waals surface area (Å²) < 4.78 is 11.8. The molecule has 0 aliphatic heterocycles. The lowest BCUT2D eigenvalue weighted by atomic mass is 9.98. The summed E-state index contributed by atoms with van der Waals surface area (Å²) >= 11 is 0. The van der Waals surface area contributed by atoms with Crippen LogP contribution in [0.3, 0.4) is 0 Å². The summed E-state index contributed by atoms with van der Waals surface area (Å²) in [5.41, 5.74) is 3.22. The topological polar surface area (TPSA) is 76.0 Å². The van der Waals surface area contributed by atoms with Crippen LogP contribution in [0.2, 0.25) is 0 Å². The molecule has 0 aliphatic rings. The van der Waals surface area contributed by atoms with Crippen LogP contribution in [0.15, 0.2) is 36.4 Å². The van der Waals surface area contributed by atoms with Crippen molar-refractivity contribution < 1.29 is 24.5 Å². The van der Waals surface area contributed by atoms with Crippen molar-refractivity contribution in [2.75, 3.05) is 13.2 Å². The number of hydrogen-bond donors (Lipinski definition) is 2. The Morgan fingerprint density at radius 1 is 0.964 bits per heavy atom. The van der Waals surface area contributed by atoms with Crippen molar-refractivity contribution >= 4 is 5.97 Å². The van der Waals surface area contributed by atoms with Gasteiger partial charge in [0.15, 0.2) is 0 Å². The molecule has 2 N–H and O–H groups in total. The molecule has 0 saturated carbocycles. The van der Waals surface area contributed by atoms with Gasteiger partial charge in [0, 0.05) is 18.9 Å². The molecular formula is C23H30O5. The highest BCUT2D eigenvalue weighted by atomic mass is 16.5. The van der Waals surface area contributed by atoms with Gasteiger partial charge in [-0.2, -0.15) is 0 Å². The SMILES string of the molecule is CCCc1c(CCC(=O)O)cccc1OCCCOc1cc(O)ccc1CC. The number of phenols is 1. The van der Waals surface area contributed by atoms with E-state index in [1.54, 1.807) is 12.1 Å². The molecule has 5 heteroatoms. The third kappa shape index (κ3) is 6.48. The molecule has 0 aromatic heterocycles. The van der Waals surface area contributed by atoms with Crippen LogP contribution in [0.5, 0.6) is 17.2 Å². The molecule has 0 heterocycles. The van der Waals surface area contributed by atoms with Gasteiger partial charge in [0.25, 0.3) is 0 Å². The molecule has 0 amide bonds. The van der Waals surface area contributed by atoms with E-state index in [0.717, 1.165) is 41.7 Å². The van der Waals surface area contributed by atoms with Gasteiger partial charge in [-0.05, 0) is 48.1 Å². The highest BCUT2D eigenvalue weighted by molar-refractivity contribution is 5.67. The highest BCUT2D eigenvalue weighted by Gasteiger charge is 2.11. The van der Waals surface area contributed by atoms with E-state index in [9.17, 15) is 9.90 Å². The summed E-state index contributed by atoms with van der Waals surface area (Å²) in [6.07, 6.45) is 4.03. The molecule has 0 saturated heterocycles. The van der Waals surface area contributed by atoms with Crippen LogP contribution < -0.4 is 9.47 Å². The Kier molecular flexibility index (Phi) is 8.66. The summed E-state index contributed by atoms with van der Waals surface area (Å²) in [6, 6.07) is 11.0. The first-order valence-corrected chi connectivity index (χ1v) is 9.95. The van der Waals surface area contributed by atoms with Crippen molar-refractivity contribution in [3.8, 4) is 17.2 Å². The Morgan fingerprint density at radius 2 is 1.71 bits per heavy atom. The smallest absolute Gasteiger partial charge is 0.303 e. The number of carbonyl (C=O) groups is 1. The minimum absolute atomic E-state index is 0.123. The average molecular weight is 386 g/mol. The maximum atomic E-state index is 10.9. The van der Waals surface area contributed by atoms with Crippen molar-refractivity contribution in [1.29, 1.82) is 0 Å². The van der Waals surface area contributed by atoms with E-state index in [1.165, 1.54) is 0 Å². The number of hydrogen-bond acceptors (Lipinski definition) is 4. The molecular weight excluding hydrogens is 356 g/mol. The van der Waals surface area contributed by atoms with E-state index in [1.807, 2.05) is 24.3 Å². The fourth-order valence-electron chi connectivity index (χ4n) is 3.15. The number of phenolic OH excluding ortho intramolecular Hbond substituents is 1. The molecule has 0 fully saturated rings. The number of rotatable bonds is 12. The normalized spacial score (nSPS) is 10.6. The Balaban J connectivity index is 1.91. The molecule has 0 atom stereocenters. The van der Waals surface area contributed by atoms with Crippen LogP contribution in [0.25, 0.3) is 0 Å². The van der Waals surface area contributed by atoms with Gasteiger partial charge in [-0.3, -0.25) is 4.79 Å². The first kappa shape index (κ1) is 21.6. The van der Waals surface area contributed by atoms with Gasteiger partial charge in [-0.15, -0.1) is 0 Å². The standard InChI is InChI=1S/C23H30O5/c1-3-7-20-18(11-13-23(25)26)8-5-9-21(20)27-14-6-15-28-22-16-19(24)12-10-17(22)4-2/h5,8-10,12,16,24H,3-4,6-7,11,13-15H2,1-2H3,(H,25,26). The zero-order valence-corrected chi connectivity index (χ0v) is 16.7. The molecule has 2 aromatic rings. The van der Waals surface area contributed by atoms with Crippen molar-refractivity contribution in [3.05, 3.63) is 53.1 Å². The van der Waals surface area contributed by atoms with Crippen molar-refractivity contribution in [2.45, 2.75) is 52.4 Å². The van der Waals surface area contributed by atoms with Crippen LogP contribution in [-0.2, 0) is 24.1 Å². The zero-order chi connectivity index (χ0) is 20.4. The second kappa shape index (κ2) is 11.2. The van der Waals surface area contributed by atoms with Crippen LogP contribution in [-0.4, -0.2) is 29.4 Å². The lowest BCUT2D eigenvalue weighted by Gasteiger charge is -2.16. The fourth-order valence-corrected chi connectivity index (χ4v) is 3.15. The number of carboxylic acid groups (broad SMARTS) is 1. The number of aryl methyl sites for hydroxylation is 2. The predicted molar refractivity (Wildman–Crippen MR) is 109 cm³/mol. The second-order valence-corrected chi connectivity index (χ2v) is 6.73. The molecule has 2 rings (SSSR count). The molecule has 0 unspecified atom stereocenters. The van der Waals surface area contributed by atoms with E-state index < -0.39 is 5.97 Å². The molecule has 2 aromatic carbocycles. The summed E-state index contributed by atoms with van der Waals surface area (Å²) in [7, 11) is 0. The first-order chi connectivity index (χ1) is 13.5. The Hall–Kier alpha value is -2.69. The third-order valence-corrected chi connectivity index (χ3v) is 4.57.